The van der Waals surface area contributed by atoms with Crippen LogP contribution in [0.5, 0.6) is 5.75 Å². The van der Waals surface area contributed by atoms with E-state index in [0.29, 0.717) is 5.56 Å². The summed E-state index contributed by atoms with van der Waals surface area (Å²) in [6.07, 6.45) is -3.69. The molecule has 0 aliphatic carbocycles. The number of aryl methyl sites for hydroxylation is 2. The van der Waals surface area contributed by atoms with Gasteiger partial charge in [0.15, 0.2) is 10.9 Å². The number of benzene rings is 1. The van der Waals surface area contributed by atoms with Crippen LogP contribution in [0.3, 0.4) is 0 Å². The summed E-state index contributed by atoms with van der Waals surface area (Å²) in [4.78, 5) is 38.0. The van der Waals surface area contributed by atoms with E-state index in [2.05, 4.69) is 20.3 Å². The number of hydrogen-bond donors (Lipinski definition) is 2. The first-order valence-electron chi connectivity index (χ1n) is 10.3. The van der Waals surface area contributed by atoms with Gasteiger partial charge in [-0.3, -0.25) is 19.1 Å². The molecule has 0 aliphatic rings. The molecule has 2 N–H and O–H groups in total. The summed E-state index contributed by atoms with van der Waals surface area (Å²) in [5.41, 5.74) is -1.29. The predicted molar refractivity (Wildman–Crippen MR) is 128 cm³/mol. The minimum atomic E-state index is -4.71. The number of carbonyl (C=O) groups is 1. The number of amides is 1. The molecule has 0 saturated heterocycles. The zero-order valence-electron chi connectivity index (χ0n) is 18.6. The van der Waals surface area contributed by atoms with Crippen molar-refractivity contribution in [1.29, 1.82) is 0 Å². The summed E-state index contributed by atoms with van der Waals surface area (Å²) in [5, 5.41) is 11.6. The van der Waals surface area contributed by atoms with Crippen molar-refractivity contribution in [3.63, 3.8) is 0 Å². The van der Waals surface area contributed by atoms with E-state index in [1.54, 1.807) is 13.0 Å². The first-order chi connectivity index (χ1) is 16.9. The molecule has 1 amide bonds. The number of aromatic hydroxyl groups is 1. The molecule has 0 aliphatic heterocycles. The molecule has 0 unspecified atom stereocenters. The summed E-state index contributed by atoms with van der Waals surface area (Å²) < 4.78 is 41.4. The standard InChI is InChI=1S/C23H16Cl2F3N5O3/c1-10-5-6-14(32-21(35)15-8-13(24)18(34)20(25)31-15)16-17(10)30-11(2)33(22(16)36)9-12-4-3-7-29-19(12)23(26,27)28/h3-8,34H,9H2,1-2H3,(H,32,35). The Bertz CT molecular complexity index is 1570. The van der Waals surface area contributed by atoms with Gasteiger partial charge >= 0.3 is 6.18 Å². The second-order valence-electron chi connectivity index (χ2n) is 7.80. The lowest BCUT2D eigenvalue weighted by molar-refractivity contribution is -0.141. The SMILES string of the molecule is Cc1ccc(NC(=O)c2cc(Cl)c(O)c(Cl)n2)c2c(=O)n(Cc3cccnc3C(F)(F)F)c(C)nc12. The molecule has 0 radical (unpaired) electrons. The number of carbonyl (C=O) groups excluding carboxylic acids is 1. The number of anilines is 1. The van der Waals surface area contributed by atoms with Crippen molar-refractivity contribution in [2.45, 2.75) is 26.6 Å². The van der Waals surface area contributed by atoms with E-state index in [4.69, 9.17) is 23.2 Å². The lowest BCUT2D eigenvalue weighted by atomic mass is 10.1. The van der Waals surface area contributed by atoms with Crippen molar-refractivity contribution >= 4 is 45.7 Å². The number of hydrogen-bond acceptors (Lipinski definition) is 6. The van der Waals surface area contributed by atoms with Gasteiger partial charge in [-0.15, -0.1) is 0 Å². The fourth-order valence-electron chi connectivity index (χ4n) is 3.62. The van der Waals surface area contributed by atoms with Crippen molar-refractivity contribution in [3.05, 3.63) is 85.4 Å². The van der Waals surface area contributed by atoms with Crippen LogP contribution in [0, 0.1) is 13.8 Å². The number of alkyl halides is 3. The van der Waals surface area contributed by atoms with Crippen LogP contribution in [0.25, 0.3) is 10.9 Å². The Hall–Kier alpha value is -3.70. The van der Waals surface area contributed by atoms with Crippen molar-refractivity contribution in [2.75, 3.05) is 5.32 Å². The van der Waals surface area contributed by atoms with E-state index in [-0.39, 0.29) is 38.7 Å². The molecule has 4 aromatic rings. The molecule has 8 nitrogen and oxygen atoms in total. The first kappa shape index (κ1) is 25.4. The molecule has 0 saturated carbocycles. The van der Waals surface area contributed by atoms with Gasteiger partial charge < -0.3 is 10.4 Å². The maximum atomic E-state index is 13.5. The minimum absolute atomic E-state index is 0.0117. The van der Waals surface area contributed by atoms with Crippen molar-refractivity contribution in [3.8, 4) is 5.75 Å². The van der Waals surface area contributed by atoms with Gasteiger partial charge in [0.2, 0.25) is 0 Å². The average Bonchev–Trinajstić information content (AvgIpc) is 2.81. The Balaban J connectivity index is 1.83. The number of nitrogens with zero attached hydrogens (tertiary/aromatic N) is 4. The van der Waals surface area contributed by atoms with Gasteiger partial charge in [-0.1, -0.05) is 35.3 Å². The first-order valence-corrected chi connectivity index (χ1v) is 11.0. The maximum absolute atomic E-state index is 13.5. The monoisotopic (exact) mass is 537 g/mol. The molecule has 0 spiro atoms. The molecule has 3 aromatic heterocycles. The van der Waals surface area contributed by atoms with Crippen LogP contribution in [-0.4, -0.2) is 30.5 Å². The Morgan fingerprint density at radius 3 is 2.56 bits per heavy atom. The molecule has 3 heterocycles. The van der Waals surface area contributed by atoms with Gasteiger partial charge in [0.1, 0.15) is 17.2 Å². The Kier molecular flexibility index (Phi) is 6.63. The highest BCUT2D eigenvalue weighted by Gasteiger charge is 2.35. The van der Waals surface area contributed by atoms with E-state index >= 15 is 0 Å². The van der Waals surface area contributed by atoms with Crippen LogP contribution in [0.2, 0.25) is 10.2 Å². The van der Waals surface area contributed by atoms with Crippen molar-refractivity contribution in [1.82, 2.24) is 19.5 Å². The fraction of sp³-hybridized carbons (Fsp3) is 0.174. The van der Waals surface area contributed by atoms with E-state index < -0.39 is 40.8 Å². The topological polar surface area (TPSA) is 110 Å². The summed E-state index contributed by atoms with van der Waals surface area (Å²) in [6.45, 7) is 2.76. The van der Waals surface area contributed by atoms with Gasteiger partial charge in [-0.2, -0.15) is 13.2 Å². The van der Waals surface area contributed by atoms with Gasteiger partial charge in [0.25, 0.3) is 11.5 Å². The quantitative estimate of drug-likeness (QED) is 0.349. The van der Waals surface area contributed by atoms with Crippen LogP contribution in [0.1, 0.15) is 33.1 Å². The van der Waals surface area contributed by atoms with Gasteiger partial charge in [-0.25, -0.2) is 9.97 Å². The van der Waals surface area contributed by atoms with Crippen LogP contribution in [-0.2, 0) is 12.7 Å². The number of nitrogens with one attached hydrogen (secondary N) is 1. The summed E-state index contributed by atoms with van der Waals surface area (Å²) in [6, 6.07) is 6.76. The summed E-state index contributed by atoms with van der Waals surface area (Å²) in [5.74, 6) is -1.11. The maximum Gasteiger partial charge on any atom is 0.433 e. The molecule has 0 atom stereocenters. The number of halogens is 5. The number of aromatic nitrogens is 4. The second kappa shape index (κ2) is 9.40. The third-order valence-corrected chi connectivity index (χ3v) is 5.93. The largest absolute Gasteiger partial charge is 0.504 e. The van der Waals surface area contributed by atoms with Crippen LogP contribution < -0.4 is 10.9 Å². The Morgan fingerprint density at radius 2 is 1.89 bits per heavy atom. The highest BCUT2D eigenvalue weighted by atomic mass is 35.5. The molecular weight excluding hydrogens is 522 g/mol. The van der Waals surface area contributed by atoms with Crippen molar-refractivity contribution < 1.29 is 23.1 Å². The number of fused-ring (bicyclic) bond motifs is 1. The fourth-order valence-corrected chi connectivity index (χ4v) is 4.06. The van der Waals surface area contributed by atoms with Crippen LogP contribution >= 0.6 is 23.2 Å². The molecule has 1 aromatic carbocycles. The zero-order valence-corrected chi connectivity index (χ0v) is 20.1. The molecule has 186 valence electrons. The lowest BCUT2D eigenvalue weighted by Gasteiger charge is -2.17. The second-order valence-corrected chi connectivity index (χ2v) is 8.56. The molecule has 13 heteroatoms. The van der Waals surface area contributed by atoms with Crippen LogP contribution in [0.4, 0.5) is 18.9 Å². The molecular formula is C23H16Cl2F3N5O3. The highest BCUT2D eigenvalue weighted by Crippen LogP contribution is 2.32. The Morgan fingerprint density at radius 1 is 1.17 bits per heavy atom. The normalized spacial score (nSPS) is 11.6. The third kappa shape index (κ3) is 4.71. The average molecular weight is 538 g/mol. The van der Waals surface area contributed by atoms with E-state index in [1.807, 2.05) is 0 Å². The number of rotatable bonds is 4. The summed E-state index contributed by atoms with van der Waals surface area (Å²) in [7, 11) is 0. The Labute approximate surface area is 211 Å². The smallest absolute Gasteiger partial charge is 0.433 e. The third-order valence-electron chi connectivity index (χ3n) is 5.38. The zero-order chi connectivity index (χ0) is 26.4. The minimum Gasteiger partial charge on any atom is -0.504 e. The van der Waals surface area contributed by atoms with E-state index in [1.165, 1.54) is 25.1 Å². The van der Waals surface area contributed by atoms with Crippen molar-refractivity contribution in [2.24, 2.45) is 0 Å². The van der Waals surface area contributed by atoms with Gasteiger partial charge in [0.05, 0.1) is 28.2 Å². The molecule has 36 heavy (non-hydrogen) atoms. The highest BCUT2D eigenvalue weighted by molar-refractivity contribution is 6.36. The molecule has 0 bridgehead atoms. The lowest BCUT2D eigenvalue weighted by Crippen LogP contribution is -2.27. The predicted octanol–water partition coefficient (Wildman–Crippen LogP) is 5.14. The van der Waals surface area contributed by atoms with Crippen LogP contribution in [0.15, 0.2) is 41.3 Å². The summed E-state index contributed by atoms with van der Waals surface area (Å²) >= 11 is 11.7. The van der Waals surface area contributed by atoms with Gasteiger partial charge in [-0.05, 0) is 37.6 Å². The molecule has 4 rings (SSSR count). The van der Waals surface area contributed by atoms with Gasteiger partial charge in [0, 0.05) is 11.8 Å². The number of pyridine rings is 2. The van der Waals surface area contributed by atoms with E-state index in [9.17, 15) is 27.9 Å². The molecule has 0 fully saturated rings. The van der Waals surface area contributed by atoms with E-state index in [0.717, 1.165) is 16.8 Å².